The Morgan fingerprint density at radius 3 is 2.85 bits per heavy atom. The maximum atomic E-state index is 3.43. The van der Waals surface area contributed by atoms with Gasteiger partial charge in [0.25, 0.3) is 0 Å². The summed E-state index contributed by atoms with van der Waals surface area (Å²) in [5.74, 6) is 0. The first kappa shape index (κ1) is 8.73. The van der Waals surface area contributed by atoms with E-state index < -0.39 is 0 Å². The summed E-state index contributed by atoms with van der Waals surface area (Å²) in [6, 6.07) is 9.22. The summed E-state index contributed by atoms with van der Waals surface area (Å²) in [6.45, 7) is 0. The van der Waals surface area contributed by atoms with Crippen molar-refractivity contribution in [2.24, 2.45) is 0 Å². The molecule has 0 heterocycles. The summed E-state index contributed by atoms with van der Waals surface area (Å²) >= 11 is 0. The normalized spacial score (nSPS) is 20.7. The van der Waals surface area contributed by atoms with Crippen molar-refractivity contribution < 1.29 is 0 Å². The van der Waals surface area contributed by atoms with Crippen LogP contribution in [0.1, 0.15) is 23.6 Å². The van der Waals surface area contributed by atoms with Crippen molar-refractivity contribution in [2.45, 2.75) is 18.9 Å². The van der Waals surface area contributed by atoms with E-state index in [1.807, 2.05) is 19.1 Å². The number of benzene rings is 1. The second-order valence-electron chi connectivity index (χ2n) is 3.81. The molecule has 0 bridgehead atoms. The Morgan fingerprint density at radius 1 is 1.31 bits per heavy atom. The maximum Gasteiger partial charge on any atom is 0.0470 e. The van der Waals surface area contributed by atoms with Gasteiger partial charge in [-0.05, 0) is 24.0 Å². The van der Waals surface area contributed by atoms with Crippen molar-refractivity contribution in [3.05, 3.63) is 35.4 Å². The van der Waals surface area contributed by atoms with Crippen LogP contribution in [-0.2, 0) is 6.42 Å². The largest absolute Gasteiger partial charge is 0.250 e. The molecule has 13 heavy (non-hydrogen) atoms. The van der Waals surface area contributed by atoms with E-state index in [4.69, 9.17) is 0 Å². The summed E-state index contributed by atoms with van der Waals surface area (Å²) in [7, 11) is 4.09. The predicted molar refractivity (Wildman–Crippen MR) is 54.3 cm³/mol. The highest BCUT2D eigenvalue weighted by molar-refractivity contribution is 5.34. The Bertz CT molecular complexity index is 294. The lowest BCUT2D eigenvalue weighted by atomic mass is 10.1. The van der Waals surface area contributed by atoms with Gasteiger partial charge in [-0.1, -0.05) is 24.3 Å². The van der Waals surface area contributed by atoms with Crippen molar-refractivity contribution in [1.29, 1.82) is 0 Å². The number of fused-ring (bicyclic) bond motifs is 1. The highest BCUT2D eigenvalue weighted by Gasteiger charge is 2.21. The Morgan fingerprint density at radius 2 is 2.08 bits per heavy atom. The molecule has 0 saturated heterocycles. The molecule has 0 saturated carbocycles. The molecule has 1 unspecified atom stereocenters. The molecule has 2 heteroatoms. The Balaban J connectivity index is 2.18. The van der Waals surface area contributed by atoms with Crippen LogP contribution in [0.2, 0.25) is 0 Å². The van der Waals surface area contributed by atoms with E-state index in [-0.39, 0.29) is 0 Å². The fourth-order valence-electron chi connectivity index (χ4n) is 2.00. The maximum absolute atomic E-state index is 3.43. The molecule has 1 aliphatic carbocycles. The average Bonchev–Trinajstić information content (AvgIpc) is 2.48. The van der Waals surface area contributed by atoms with Crippen molar-refractivity contribution in [2.75, 3.05) is 14.1 Å². The zero-order valence-corrected chi connectivity index (χ0v) is 8.25. The Hall–Kier alpha value is -0.860. The lowest BCUT2D eigenvalue weighted by molar-refractivity contribution is 0.242. The lowest BCUT2D eigenvalue weighted by Crippen LogP contribution is -2.33. The van der Waals surface area contributed by atoms with Gasteiger partial charge in [-0.25, -0.2) is 5.43 Å². The van der Waals surface area contributed by atoms with Gasteiger partial charge in [-0.15, -0.1) is 0 Å². The highest BCUT2D eigenvalue weighted by Crippen LogP contribution is 2.30. The standard InChI is InChI=1S/C11H16N2/c1-13(2)12-11-8-7-9-5-3-4-6-10(9)11/h3-6,11-12H,7-8H2,1-2H3. The molecular formula is C11H16N2. The fourth-order valence-corrected chi connectivity index (χ4v) is 2.00. The third-order valence-electron chi connectivity index (χ3n) is 2.55. The molecule has 0 amide bonds. The fraction of sp³-hybridized carbons (Fsp3) is 0.455. The SMILES string of the molecule is CN(C)NC1CCc2ccccc21. The molecule has 0 aromatic heterocycles. The van der Waals surface area contributed by atoms with E-state index in [0.29, 0.717) is 6.04 Å². The van der Waals surface area contributed by atoms with Crippen LogP contribution in [0.25, 0.3) is 0 Å². The molecule has 1 N–H and O–H groups in total. The molecule has 2 nitrogen and oxygen atoms in total. The molecule has 2 rings (SSSR count). The Labute approximate surface area is 79.5 Å². The zero-order valence-electron chi connectivity index (χ0n) is 8.25. The predicted octanol–water partition coefficient (Wildman–Crippen LogP) is 1.74. The summed E-state index contributed by atoms with van der Waals surface area (Å²) in [5, 5.41) is 2.03. The number of nitrogens with one attached hydrogen (secondary N) is 1. The van der Waals surface area contributed by atoms with Crippen molar-refractivity contribution in [1.82, 2.24) is 10.4 Å². The van der Waals surface area contributed by atoms with E-state index >= 15 is 0 Å². The molecule has 70 valence electrons. The minimum Gasteiger partial charge on any atom is -0.250 e. The van der Waals surface area contributed by atoms with Crippen molar-refractivity contribution >= 4 is 0 Å². The summed E-state index contributed by atoms with van der Waals surface area (Å²) in [5.41, 5.74) is 6.40. The smallest absolute Gasteiger partial charge is 0.0470 e. The molecule has 0 radical (unpaired) electrons. The van der Waals surface area contributed by atoms with E-state index in [9.17, 15) is 0 Å². The van der Waals surface area contributed by atoms with Crippen LogP contribution in [0.3, 0.4) is 0 Å². The van der Waals surface area contributed by atoms with Crippen molar-refractivity contribution in [3.8, 4) is 0 Å². The average molecular weight is 176 g/mol. The van der Waals surface area contributed by atoms with Gasteiger partial charge in [0.15, 0.2) is 0 Å². The van der Waals surface area contributed by atoms with Gasteiger partial charge in [0.05, 0.1) is 0 Å². The molecule has 1 aromatic carbocycles. The first-order valence-corrected chi connectivity index (χ1v) is 4.78. The van der Waals surface area contributed by atoms with E-state index in [1.165, 1.54) is 24.0 Å². The van der Waals surface area contributed by atoms with Crippen LogP contribution in [0.5, 0.6) is 0 Å². The third kappa shape index (κ3) is 1.74. The van der Waals surface area contributed by atoms with E-state index in [1.54, 1.807) is 0 Å². The molecule has 0 fully saturated rings. The van der Waals surface area contributed by atoms with Gasteiger partial charge in [0.1, 0.15) is 0 Å². The topological polar surface area (TPSA) is 15.3 Å². The van der Waals surface area contributed by atoms with Crippen LogP contribution in [0.15, 0.2) is 24.3 Å². The molecular weight excluding hydrogens is 160 g/mol. The highest BCUT2D eigenvalue weighted by atomic mass is 15.5. The second kappa shape index (κ2) is 3.48. The van der Waals surface area contributed by atoms with Crippen LogP contribution in [0, 0.1) is 0 Å². The first-order chi connectivity index (χ1) is 6.27. The third-order valence-corrected chi connectivity index (χ3v) is 2.55. The number of rotatable bonds is 2. The number of hydrazine groups is 1. The molecule has 1 aromatic rings. The number of hydrogen-bond donors (Lipinski definition) is 1. The number of hydrogen-bond acceptors (Lipinski definition) is 2. The molecule has 1 aliphatic rings. The van der Waals surface area contributed by atoms with Crippen molar-refractivity contribution in [3.63, 3.8) is 0 Å². The second-order valence-corrected chi connectivity index (χ2v) is 3.81. The van der Waals surface area contributed by atoms with Gasteiger partial charge in [-0.3, -0.25) is 5.01 Å². The minimum atomic E-state index is 0.520. The minimum absolute atomic E-state index is 0.520. The van der Waals surface area contributed by atoms with Gasteiger partial charge in [0, 0.05) is 20.1 Å². The van der Waals surface area contributed by atoms with Crippen LogP contribution >= 0.6 is 0 Å². The van der Waals surface area contributed by atoms with Crippen LogP contribution < -0.4 is 5.43 Å². The monoisotopic (exact) mass is 176 g/mol. The summed E-state index contributed by atoms with van der Waals surface area (Å²) in [6.07, 6.45) is 2.43. The summed E-state index contributed by atoms with van der Waals surface area (Å²) < 4.78 is 0. The van der Waals surface area contributed by atoms with E-state index in [0.717, 1.165) is 0 Å². The summed E-state index contributed by atoms with van der Waals surface area (Å²) in [4.78, 5) is 0. The quantitative estimate of drug-likeness (QED) is 0.690. The molecule has 1 atom stereocenters. The van der Waals surface area contributed by atoms with Gasteiger partial charge in [0.2, 0.25) is 0 Å². The van der Waals surface area contributed by atoms with Gasteiger partial charge >= 0.3 is 0 Å². The Kier molecular flexibility index (Phi) is 2.34. The van der Waals surface area contributed by atoms with Gasteiger partial charge in [-0.2, -0.15) is 0 Å². The van der Waals surface area contributed by atoms with Crippen LogP contribution in [-0.4, -0.2) is 19.1 Å². The number of nitrogens with zero attached hydrogens (tertiary/aromatic N) is 1. The molecule has 0 aliphatic heterocycles. The van der Waals surface area contributed by atoms with E-state index in [2.05, 4.69) is 29.7 Å². The first-order valence-electron chi connectivity index (χ1n) is 4.78. The number of aryl methyl sites for hydroxylation is 1. The molecule has 0 spiro atoms. The lowest BCUT2D eigenvalue weighted by Gasteiger charge is -2.19. The van der Waals surface area contributed by atoms with Crippen LogP contribution in [0.4, 0.5) is 0 Å². The zero-order chi connectivity index (χ0) is 9.26. The van der Waals surface area contributed by atoms with Gasteiger partial charge < -0.3 is 0 Å².